The van der Waals surface area contributed by atoms with Crippen LogP contribution in [0, 0.1) is 11.3 Å². The first-order valence-corrected chi connectivity index (χ1v) is 13.1. The molecule has 11 heteroatoms. The lowest BCUT2D eigenvalue weighted by molar-refractivity contribution is -0.129. The fourth-order valence-electron chi connectivity index (χ4n) is 5.96. The number of nitrogens with zero attached hydrogens (tertiary/aromatic N) is 6. The Hall–Kier alpha value is -4.04. The van der Waals surface area contributed by atoms with Crippen molar-refractivity contribution < 1.29 is 14.3 Å². The summed E-state index contributed by atoms with van der Waals surface area (Å²) in [5.41, 5.74) is 2.64. The fraction of sp³-hybridized carbons (Fsp3) is 0.407. The monoisotopic (exact) mass is 529 g/mol. The highest BCUT2D eigenvalue weighted by molar-refractivity contribution is 7.81. The predicted molar refractivity (Wildman–Crippen MR) is 145 cm³/mol. The average molecular weight is 530 g/mol. The first kappa shape index (κ1) is 24.3. The number of amides is 2. The van der Waals surface area contributed by atoms with E-state index >= 15 is 0 Å². The molecule has 3 aromatic rings. The second-order valence-electron chi connectivity index (χ2n) is 10.1. The van der Waals surface area contributed by atoms with Gasteiger partial charge in [0.05, 0.1) is 24.5 Å². The van der Waals surface area contributed by atoms with Gasteiger partial charge in [-0.25, -0.2) is 4.98 Å². The number of carbonyl (C=O) groups excluding carboxylic acids is 2. The van der Waals surface area contributed by atoms with Crippen molar-refractivity contribution in [1.82, 2.24) is 20.1 Å². The Morgan fingerprint density at radius 2 is 2.00 bits per heavy atom. The summed E-state index contributed by atoms with van der Waals surface area (Å²) < 4.78 is 5.33. The van der Waals surface area contributed by atoms with Crippen LogP contribution in [-0.2, 0) is 9.59 Å². The highest BCUT2D eigenvalue weighted by atomic mass is 32.1. The van der Waals surface area contributed by atoms with Crippen molar-refractivity contribution in [2.24, 2.45) is 0 Å². The summed E-state index contributed by atoms with van der Waals surface area (Å²) in [6, 6.07) is 9.64. The SMILES string of the molecule is COc1cc(N2C(=O)C3(CCC3)N(c3ccc4n[nH]c(C5CCN(C(C)=O)CC5)c4c3)C2=S)cnc1C#N. The topological polar surface area (TPSA) is 118 Å². The zero-order valence-corrected chi connectivity index (χ0v) is 22.0. The number of benzene rings is 1. The number of hydrogen-bond acceptors (Lipinski definition) is 7. The minimum absolute atomic E-state index is 0.0913. The molecule has 0 radical (unpaired) electrons. The van der Waals surface area contributed by atoms with E-state index in [1.165, 1.54) is 18.2 Å². The quantitative estimate of drug-likeness (QED) is 0.509. The maximum atomic E-state index is 13.9. The van der Waals surface area contributed by atoms with Crippen LogP contribution in [0.4, 0.5) is 11.4 Å². The molecule has 194 valence electrons. The van der Waals surface area contributed by atoms with E-state index in [9.17, 15) is 14.9 Å². The minimum atomic E-state index is -0.747. The molecular formula is C27H27N7O3S. The van der Waals surface area contributed by atoms with Gasteiger partial charge in [-0.3, -0.25) is 19.6 Å². The Morgan fingerprint density at radius 3 is 2.63 bits per heavy atom. The van der Waals surface area contributed by atoms with Crippen LogP contribution in [-0.4, -0.2) is 62.7 Å². The van der Waals surface area contributed by atoms with Crippen LogP contribution in [0.2, 0.25) is 0 Å². The van der Waals surface area contributed by atoms with E-state index in [0.29, 0.717) is 29.4 Å². The van der Waals surface area contributed by atoms with Gasteiger partial charge in [0.15, 0.2) is 16.6 Å². The van der Waals surface area contributed by atoms with Crippen molar-refractivity contribution in [3.63, 3.8) is 0 Å². The van der Waals surface area contributed by atoms with E-state index in [1.807, 2.05) is 28.0 Å². The molecule has 0 bridgehead atoms. The van der Waals surface area contributed by atoms with Gasteiger partial charge in [-0.2, -0.15) is 10.4 Å². The minimum Gasteiger partial charge on any atom is -0.494 e. The molecule has 1 aromatic carbocycles. The molecule has 2 amide bonds. The maximum absolute atomic E-state index is 13.9. The average Bonchev–Trinajstić information content (AvgIpc) is 3.43. The first-order chi connectivity index (χ1) is 18.4. The third-order valence-electron chi connectivity index (χ3n) is 8.19. The van der Waals surface area contributed by atoms with E-state index in [-0.39, 0.29) is 23.4 Å². The molecule has 3 aliphatic rings. The van der Waals surface area contributed by atoms with E-state index in [1.54, 1.807) is 13.0 Å². The molecule has 1 saturated carbocycles. The molecule has 1 aliphatic carbocycles. The molecular weight excluding hydrogens is 502 g/mol. The number of nitrogens with one attached hydrogen (secondary N) is 1. The van der Waals surface area contributed by atoms with Gasteiger partial charge in [-0.05, 0) is 62.5 Å². The summed E-state index contributed by atoms with van der Waals surface area (Å²) in [5, 5.41) is 18.5. The van der Waals surface area contributed by atoms with Crippen molar-refractivity contribution in [3.05, 3.63) is 41.9 Å². The van der Waals surface area contributed by atoms with Gasteiger partial charge >= 0.3 is 0 Å². The van der Waals surface area contributed by atoms with Crippen LogP contribution in [0.15, 0.2) is 30.5 Å². The summed E-state index contributed by atoms with van der Waals surface area (Å²) >= 11 is 5.93. The second-order valence-corrected chi connectivity index (χ2v) is 10.5. The number of aromatic nitrogens is 3. The van der Waals surface area contributed by atoms with Gasteiger partial charge in [0.1, 0.15) is 11.6 Å². The van der Waals surface area contributed by atoms with Crippen molar-refractivity contribution in [2.75, 3.05) is 30.0 Å². The van der Waals surface area contributed by atoms with E-state index in [2.05, 4.69) is 21.2 Å². The maximum Gasteiger partial charge on any atom is 0.259 e. The molecule has 4 heterocycles. The second kappa shape index (κ2) is 9.06. The number of methoxy groups -OCH3 is 1. The van der Waals surface area contributed by atoms with Crippen LogP contribution in [0.3, 0.4) is 0 Å². The van der Waals surface area contributed by atoms with Crippen LogP contribution in [0.5, 0.6) is 5.75 Å². The lowest BCUT2D eigenvalue weighted by Crippen LogP contribution is -2.55. The molecule has 0 atom stereocenters. The molecule has 1 spiro atoms. The standard InChI is InChI=1S/C27H27N7O3S/c1-16(35)32-10-6-17(7-11-32)24-20-12-18(4-5-21(20)30-31-24)34-26(38)33(25(36)27(34)8-3-9-27)19-13-23(37-2)22(14-28)29-15-19/h4-5,12-13,15,17H,3,6-11H2,1-2H3,(H,30,31). The zero-order chi connectivity index (χ0) is 26.6. The molecule has 2 aliphatic heterocycles. The Labute approximate surface area is 225 Å². The molecule has 38 heavy (non-hydrogen) atoms. The number of thiocarbonyl (C=S) groups is 1. The van der Waals surface area contributed by atoms with Gasteiger partial charge in [-0.1, -0.05) is 0 Å². The Bertz CT molecular complexity index is 1510. The number of rotatable bonds is 4. The highest BCUT2D eigenvalue weighted by Gasteiger charge is 2.59. The summed E-state index contributed by atoms with van der Waals surface area (Å²) in [6.07, 6.45) is 5.56. The van der Waals surface area contributed by atoms with Crippen molar-refractivity contribution in [3.8, 4) is 11.8 Å². The number of likely N-dealkylation sites (tertiary alicyclic amines) is 1. The fourth-order valence-corrected chi connectivity index (χ4v) is 6.42. The van der Waals surface area contributed by atoms with Gasteiger partial charge in [0.2, 0.25) is 5.91 Å². The normalized spacial score (nSPS) is 19.2. The molecule has 10 nitrogen and oxygen atoms in total. The number of ether oxygens (including phenoxy) is 1. The molecule has 0 unspecified atom stereocenters. The van der Waals surface area contributed by atoms with Gasteiger partial charge in [0.25, 0.3) is 5.91 Å². The first-order valence-electron chi connectivity index (χ1n) is 12.7. The lowest BCUT2D eigenvalue weighted by atomic mass is 9.75. The number of hydrogen-bond donors (Lipinski definition) is 1. The smallest absolute Gasteiger partial charge is 0.259 e. The number of H-pyrrole nitrogens is 1. The van der Waals surface area contributed by atoms with E-state index in [0.717, 1.165) is 54.6 Å². The molecule has 2 saturated heterocycles. The summed E-state index contributed by atoms with van der Waals surface area (Å²) in [5.74, 6) is 0.579. The predicted octanol–water partition coefficient (Wildman–Crippen LogP) is 3.62. The van der Waals surface area contributed by atoms with Crippen molar-refractivity contribution in [2.45, 2.75) is 50.5 Å². The van der Waals surface area contributed by atoms with E-state index < -0.39 is 5.54 Å². The number of aromatic amines is 1. The Kier molecular flexibility index (Phi) is 5.79. The lowest BCUT2D eigenvalue weighted by Gasteiger charge is -2.43. The number of anilines is 2. The van der Waals surface area contributed by atoms with Gasteiger partial charge in [-0.15, -0.1) is 0 Å². The molecule has 6 rings (SSSR count). The molecule has 1 N–H and O–H groups in total. The van der Waals surface area contributed by atoms with Crippen LogP contribution in [0.1, 0.15) is 56.3 Å². The Balaban J connectivity index is 1.37. The number of carbonyl (C=O) groups is 2. The van der Waals surface area contributed by atoms with E-state index in [4.69, 9.17) is 17.0 Å². The highest BCUT2D eigenvalue weighted by Crippen LogP contribution is 2.48. The third kappa shape index (κ3) is 3.55. The summed E-state index contributed by atoms with van der Waals surface area (Å²) in [4.78, 5) is 35.2. The zero-order valence-electron chi connectivity index (χ0n) is 21.2. The molecule has 2 aromatic heterocycles. The summed E-state index contributed by atoms with van der Waals surface area (Å²) in [6.45, 7) is 3.07. The third-order valence-corrected chi connectivity index (χ3v) is 8.55. The number of nitriles is 1. The summed E-state index contributed by atoms with van der Waals surface area (Å²) in [7, 11) is 1.47. The number of pyridine rings is 1. The number of fused-ring (bicyclic) bond motifs is 1. The van der Waals surface area contributed by atoms with Gasteiger partial charge < -0.3 is 14.5 Å². The van der Waals surface area contributed by atoms with Crippen molar-refractivity contribution >= 4 is 51.4 Å². The van der Waals surface area contributed by atoms with Crippen LogP contribution < -0.4 is 14.5 Å². The number of piperidine rings is 1. The van der Waals surface area contributed by atoms with Crippen LogP contribution in [0.25, 0.3) is 10.9 Å². The van der Waals surface area contributed by atoms with Crippen molar-refractivity contribution in [1.29, 1.82) is 5.26 Å². The van der Waals surface area contributed by atoms with Gasteiger partial charge in [0, 0.05) is 48.8 Å². The largest absolute Gasteiger partial charge is 0.494 e. The Morgan fingerprint density at radius 1 is 1.24 bits per heavy atom. The van der Waals surface area contributed by atoms with Crippen LogP contribution >= 0.6 is 12.2 Å². The molecule has 3 fully saturated rings.